The van der Waals surface area contributed by atoms with Gasteiger partial charge in [0.2, 0.25) is 0 Å². The number of Topliss-reactive ketones (excluding diaryl/α,β-unsaturated/α-hetero) is 1. The van der Waals surface area contributed by atoms with E-state index in [0.717, 1.165) is 9.32 Å². The lowest BCUT2D eigenvalue weighted by Gasteiger charge is -2.08. The molecule has 2 nitrogen and oxygen atoms in total. The zero-order valence-corrected chi connectivity index (χ0v) is 12.5. The average Bonchev–Trinajstić information content (AvgIpc) is 2.31. The second kappa shape index (κ2) is 5.71. The minimum atomic E-state index is -0.0160. The van der Waals surface area contributed by atoms with Gasteiger partial charge in [0.25, 0.3) is 0 Å². The predicted molar refractivity (Wildman–Crippen MR) is 80.7 cm³/mol. The van der Waals surface area contributed by atoms with Gasteiger partial charge in [-0.25, -0.2) is 0 Å². The molecule has 0 spiro atoms. The van der Waals surface area contributed by atoms with E-state index in [4.69, 9.17) is 16.3 Å². The second-order valence-electron chi connectivity index (χ2n) is 3.76. The van der Waals surface area contributed by atoms with Crippen molar-refractivity contribution in [1.29, 1.82) is 0 Å². The smallest absolute Gasteiger partial charge is 0.159 e. The van der Waals surface area contributed by atoms with Crippen LogP contribution in [0.3, 0.4) is 0 Å². The molecule has 92 valence electrons. The van der Waals surface area contributed by atoms with Crippen LogP contribution in [0.4, 0.5) is 0 Å². The highest BCUT2D eigenvalue weighted by Gasteiger charge is 2.07. The van der Waals surface area contributed by atoms with E-state index in [0.29, 0.717) is 16.3 Å². The first-order chi connectivity index (χ1) is 8.56. The number of carbonyl (C=O) groups is 1. The normalized spacial score (nSPS) is 10.2. The van der Waals surface area contributed by atoms with Crippen molar-refractivity contribution in [3.8, 4) is 11.5 Å². The van der Waals surface area contributed by atoms with Crippen LogP contribution in [0.1, 0.15) is 17.3 Å². The third kappa shape index (κ3) is 3.23. The van der Waals surface area contributed by atoms with Crippen LogP contribution >= 0.6 is 34.2 Å². The van der Waals surface area contributed by atoms with Crippen molar-refractivity contribution in [3.63, 3.8) is 0 Å². The number of rotatable bonds is 3. The third-order valence-electron chi connectivity index (χ3n) is 2.36. The van der Waals surface area contributed by atoms with E-state index in [-0.39, 0.29) is 5.78 Å². The fourth-order valence-electron chi connectivity index (χ4n) is 1.46. The van der Waals surface area contributed by atoms with Gasteiger partial charge in [-0.3, -0.25) is 4.79 Å². The van der Waals surface area contributed by atoms with Crippen molar-refractivity contribution < 1.29 is 9.53 Å². The molecule has 2 aromatic carbocycles. The van der Waals surface area contributed by atoms with Crippen LogP contribution in [0.15, 0.2) is 42.5 Å². The van der Waals surface area contributed by atoms with Crippen LogP contribution in [0.5, 0.6) is 11.5 Å². The van der Waals surface area contributed by atoms with Crippen molar-refractivity contribution in [2.24, 2.45) is 0 Å². The molecule has 0 atom stereocenters. The van der Waals surface area contributed by atoms with Gasteiger partial charge in [-0.05, 0) is 65.9 Å². The van der Waals surface area contributed by atoms with E-state index < -0.39 is 0 Å². The van der Waals surface area contributed by atoms with Crippen LogP contribution in [-0.4, -0.2) is 5.78 Å². The lowest BCUT2D eigenvalue weighted by molar-refractivity contribution is 0.101. The monoisotopic (exact) mass is 372 g/mol. The van der Waals surface area contributed by atoms with E-state index >= 15 is 0 Å². The molecule has 4 heteroatoms. The molecule has 0 radical (unpaired) electrons. The topological polar surface area (TPSA) is 26.3 Å². The minimum Gasteiger partial charge on any atom is -0.456 e. The molecule has 0 saturated carbocycles. The summed E-state index contributed by atoms with van der Waals surface area (Å²) in [6.07, 6.45) is 0. The summed E-state index contributed by atoms with van der Waals surface area (Å²) in [7, 11) is 0. The Morgan fingerprint density at radius 2 is 2.00 bits per heavy atom. The molecule has 0 heterocycles. The molecule has 0 saturated heterocycles. The van der Waals surface area contributed by atoms with Gasteiger partial charge in [-0.1, -0.05) is 17.7 Å². The van der Waals surface area contributed by atoms with E-state index in [9.17, 15) is 4.79 Å². The van der Waals surface area contributed by atoms with Crippen molar-refractivity contribution in [3.05, 3.63) is 56.6 Å². The fourth-order valence-corrected chi connectivity index (χ4v) is 2.19. The molecule has 0 amide bonds. The van der Waals surface area contributed by atoms with Gasteiger partial charge in [0, 0.05) is 9.13 Å². The van der Waals surface area contributed by atoms with Gasteiger partial charge >= 0.3 is 0 Å². The third-order valence-corrected chi connectivity index (χ3v) is 3.33. The molecular weight excluding hydrogens is 363 g/mol. The van der Waals surface area contributed by atoms with Gasteiger partial charge in [0.05, 0.1) is 5.02 Å². The number of ether oxygens (including phenoxy) is 1. The first-order valence-corrected chi connectivity index (χ1v) is 6.76. The van der Waals surface area contributed by atoms with Crippen LogP contribution in [0.25, 0.3) is 0 Å². The Balaban J connectivity index is 2.27. The van der Waals surface area contributed by atoms with Gasteiger partial charge in [-0.2, -0.15) is 0 Å². The molecule has 0 aromatic heterocycles. The Labute approximate surface area is 124 Å². The lowest BCUT2D eigenvalue weighted by Crippen LogP contribution is -1.93. The Morgan fingerprint density at radius 3 is 2.61 bits per heavy atom. The van der Waals surface area contributed by atoms with Gasteiger partial charge in [-0.15, -0.1) is 0 Å². The van der Waals surface area contributed by atoms with Crippen molar-refractivity contribution >= 4 is 40.0 Å². The molecule has 2 rings (SSSR count). The molecule has 0 aliphatic carbocycles. The Morgan fingerprint density at radius 1 is 1.22 bits per heavy atom. The molecule has 0 aliphatic rings. The summed E-state index contributed by atoms with van der Waals surface area (Å²) in [6, 6.07) is 12.7. The Bertz CT molecular complexity index is 596. The van der Waals surface area contributed by atoms with Gasteiger partial charge in [0.1, 0.15) is 11.5 Å². The molecule has 0 bridgehead atoms. The summed E-state index contributed by atoms with van der Waals surface area (Å²) in [6.45, 7) is 1.51. The van der Waals surface area contributed by atoms with E-state index in [1.54, 1.807) is 18.2 Å². The molecule has 2 aromatic rings. The van der Waals surface area contributed by atoms with E-state index in [1.165, 1.54) is 6.92 Å². The summed E-state index contributed by atoms with van der Waals surface area (Å²) >= 11 is 8.30. The Hall–Kier alpha value is -1.07. The number of halogens is 2. The van der Waals surface area contributed by atoms with Crippen LogP contribution in [0.2, 0.25) is 5.02 Å². The number of ketones is 1. The number of hydrogen-bond acceptors (Lipinski definition) is 2. The highest BCUT2D eigenvalue weighted by Crippen LogP contribution is 2.30. The maximum absolute atomic E-state index is 11.2. The number of benzene rings is 2. The van der Waals surface area contributed by atoms with E-state index in [1.807, 2.05) is 24.3 Å². The first-order valence-electron chi connectivity index (χ1n) is 5.30. The summed E-state index contributed by atoms with van der Waals surface area (Å²) < 4.78 is 6.76. The zero-order chi connectivity index (χ0) is 13.1. The van der Waals surface area contributed by atoms with Crippen LogP contribution < -0.4 is 4.74 Å². The van der Waals surface area contributed by atoms with Crippen molar-refractivity contribution in [2.75, 3.05) is 0 Å². The SMILES string of the molecule is CC(=O)c1ccc(Oc2cccc(I)c2)c(Cl)c1. The minimum absolute atomic E-state index is 0.0160. The van der Waals surface area contributed by atoms with E-state index in [2.05, 4.69) is 22.6 Å². The Kier molecular flexibility index (Phi) is 4.24. The fraction of sp³-hybridized carbons (Fsp3) is 0.0714. The molecule has 0 unspecified atom stereocenters. The standard InChI is InChI=1S/C14H10ClIO2/c1-9(17)10-5-6-14(13(15)7-10)18-12-4-2-3-11(16)8-12/h2-8H,1H3. The number of hydrogen-bond donors (Lipinski definition) is 0. The summed E-state index contributed by atoms with van der Waals surface area (Å²) in [5.41, 5.74) is 0.579. The summed E-state index contributed by atoms with van der Waals surface area (Å²) in [5, 5.41) is 0.432. The van der Waals surface area contributed by atoms with Gasteiger partial charge < -0.3 is 4.74 Å². The molecular formula is C14H10ClIO2. The zero-order valence-electron chi connectivity index (χ0n) is 9.61. The van der Waals surface area contributed by atoms with Crippen molar-refractivity contribution in [2.45, 2.75) is 6.92 Å². The first kappa shape index (κ1) is 13.4. The lowest BCUT2D eigenvalue weighted by atomic mass is 10.1. The van der Waals surface area contributed by atoms with Crippen molar-refractivity contribution in [1.82, 2.24) is 0 Å². The molecule has 0 N–H and O–H groups in total. The maximum atomic E-state index is 11.2. The molecule has 0 fully saturated rings. The predicted octanol–water partition coefficient (Wildman–Crippen LogP) is 4.94. The van der Waals surface area contributed by atoms with Crippen LogP contribution in [0, 0.1) is 3.57 Å². The quantitative estimate of drug-likeness (QED) is 0.563. The molecule has 0 aliphatic heterocycles. The maximum Gasteiger partial charge on any atom is 0.159 e. The number of carbonyl (C=O) groups excluding carboxylic acids is 1. The van der Waals surface area contributed by atoms with Gasteiger partial charge in [0.15, 0.2) is 5.78 Å². The second-order valence-corrected chi connectivity index (χ2v) is 5.41. The highest BCUT2D eigenvalue weighted by atomic mass is 127. The summed E-state index contributed by atoms with van der Waals surface area (Å²) in [5.74, 6) is 1.25. The van der Waals surface area contributed by atoms with Crippen LogP contribution in [-0.2, 0) is 0 Å². The highest BCUT2D eigenvalue weighted by molar-refractivity contribution is 14.1. The largest absolute Gasteiger partial charge is 0.456 e. The summed E-state index contributed by atoms with van der Waals surface area (Å²) in [4.78, 5) is 11.2. The molecule has 18 heavy (non-hydrogen) atoms. The average molecular weight is 373 g/mol.